The van der Waals surface area contributed by atoms with E-state index in [1.54, 1.807) is 18.2 Å². The summed E-state index contributed by atoms with van der Waals surface area (Å²) < 4.78 is 21.4. The van der Waals surface area contributed by atoms with Gasteiger partial charge in [0.25, 0.3) is 0 Å². The van der Waals surface area contributed by atoms with E-state index in [4.69, 9.17) is 18.9 Å². The van der Waals surface area contributed by atoms with Crippen LogP contribution in [0.5, 0.6) is 40.2 Å². The molecule has 0 spiro atoms. The van der Waals surface area contributed by atoms with Gasteiger partial charge in [-0.15, -0.1) is 0 Å². The van der Waals surface area contributed by atoms with Gasteiger partial charge in [-0.05, 0) is 71.8 Å². The van der Waals surface area contributed by atoms with Crippen molar-refractivity contribution in [2.24, 2.45) is 0 Å². The molecule has 1 atom stereocenters. The second-order valence-electron chi connectivity index (χ2n) is 8.52. The van der Waals surface area contributed by atoms with Crippen molar-refractivity contribution in [3.8, 4) is 51.4 Å². The zero-order valence-corrected chi connectivity index (χ0v) is 21.1. The molecule has 7 heteroatoms. The summed E-state index contributed by atoms with van der Waals surface area (Å²) >= 11 is 0. The fourth-order valence-electron chi connectivity index (χ4n) is 4.27. The summed E-state index contributed by atoms with van der Waals surface area (Å²) in [4.78, 5) is 0. The predicted molar refractivity (Wildman–Crippen MR) is 136 cm³/mol. The Balaban J connectivity index is 2.09. The summed E-state index contributed by atoms with van der Waals surface area (Å²) in [5, 5.41) is 32.1. The highest BCUT2D eigenvalue weighted by molar-refractivity contribution is 5.81. The van der Waals surface area contributed by atoms with Crippen LogP contribution in [0, 0.1) is 0 Å². The van der Waals surface area contributed by atoms with Crippen LogP contribution in [0.2, 0.25) is 0 Å². The highest BCUT2D eigenvalue weighted by Gasteiger charge is 2.21. The van der Waals surface area contributed by atoms with Gasteiger partial charge in [0.1, 0.15) is 0 Å². The quantitative estimate of drug-likeness (QED) is 0.336. The Hall–Kier alpha value is -3.74. The Morgan fingerprint density at radius 2 is 1.09 bits per heavy atom. The molecule has 3 N–H and O–H groups in total. The summed E-state index contributed by atoms with van der Waals surface area (Å²) in [5.74, 6) is 1.18. The molecule has 3 rings (SSSR count). The molecule has 0 bridgehead atoms. The summed E-state index contributed by atoms with van der Waals surface area (Å²) in [7, 11) is 5.99. The Morgan fingerprint density at radius 1 is 0.629 bits per heavy atom. The molecule has 0 heterocycles. The predicted octanol–water partition coefficient (Wildman–Crippen LogP) is 5.80. The van der Waals surface area contributed by atoms with E-state index in [0.29, 0.717) is 40.5 Å². The number of hydrogen-bond acceptors (Lipinski definition) is 7. The number of benzene rings is 3. The molecular formula is C28H34O7. The van der Waals surface area contributed by atoms with Gasteiger partial charge in [0.2, 0.25) is 5.75 Å². The Bertz CT molecular complexity index is 1160. The van der Waals surface area contributed by atoms with Crippen molar-refractivity contribution in [1.82, 2.24) is 0 Å². The fraction of sp³-hybridized carbons (Fsp3) is 0.357. The smallest absolute Gasteiger partial charge is 0.200 e. The fourth-order valence-corrected chi connectivity index (χ4v) is 4.27. The van der Waals surface area contributed by atoms with E-state index in [-0.39, 0.29) is 23.2 Å². The molecule has 0 amide bonds. The van der Waals surface area contributed by atoms with Crippen molar-refractivity contribution >= 4 is 0 Å². The standard InChI is InChI=1S/C28H34O7/c1-7-8-17-10-20(26(29)22(11-17)32-3)21-14-19(15-25(35-6)27(21)30)16(2)9-18-12-23(33-4)28(31)24(13-18)34-5/h10-16,29-31H,7-9H2,1-6H3. The van der Waals surface area contributed by atoms with E-state index in [1.165, 1.54) is 28.4 Å². The number of aryl methyl sites for hydroxylation is 1. The number of ether oxygens (including phenoxy) is 4. The lowest BCUT2D eigenvalue weighted by Gasteiger charge is -2.19. The van der Waals surface area contributed by atoms with Crippen LogP contribution in [0.4, 0.5) is 0 Å². The first-order valence-electron chi connectivity index (χ1n) is 11.5. The van der Waals surface area contributed by atoms with Gasteiger partial charge >= 0.3 is 0 Å². The first kappa shape index (κ1) is 25.9. The Morgan fingerprint density at radius 3 is 1.60 bits per heavy atom. The van der Waals surface area contributed by atoms with Crippen LogP contribution < -0.4 is 18.9 Å². The molecule has 35 heavy (non-hydrogen) atoms. The van der Waals surface area contributed by atoms with Crippen molar-refractivity contribution in [2.75, 3.05) is 28.4 Å². The molecule has 0 aromatic heterocycles. The van der Waals surface area contributed by atoms with Crippen LogP contribution in [0.25, 0.3) is 11.1 Å². The van der Waals surface area contributed by atoms with Crippen LogP contribution >= 0.6 is 0 Å². The average Bonchev–Trinajstić information content (AvgIpc) is 2.86. The number of aromatic hydroxyl groups is 3. The normalized spacial score (nSPS) is 11.7. The number of rotatable bonds is 10. The zero-order chi connectivity index (χ0) is 25.7. The van der Waals surface area contributed by atoms with Gasteiger partial charge in [-0.2, -0.15) is 0 Å². The number of phenolic OH excluding ortho intramolecular Hbond substituents is 3. The van der Waals surface area contributed by atoms with Gasteiger partial charge in [-0.3, -0.25) is 0 Å². The first-order chi connectivity index (χ1) is 16.8. The third-order valence-corrected chi connectivity index (χ3v) is 6.15. The molecular weight excluding hydrogens is 448 g/mol. The van der Waals surface area contributed by atoms with Gasteiger partial charge in [0, 0.05) is 11.1 Å². The minimum Gasteiger partial charge on any atom is -0.504 e. The number of methoxy groups -OCH3 is 4. The van der Waals surface area contributed by atoms with Gasteiger partial charge in [0.05, 0.1) is 28.4 Å². The van der Waals surface area contributed by atoms with E-state index >= 15 is 0 Å². The van der Waals surface area contributed by atoms with Crippen molar-refractivity contribution < 1.29 is 34.3 Å². The molecule has 0 aliphatic rings. The molecule has 0 aliphatic heterocycles. The molecule has 3 aromatic rings. The van der Waals surface area contributed by atoms with E-state index < -0.39 is 0 Å². The molecule has 0 radical (unpaired) electrons. The topological polar surface area (TPSA) is 97.6 Å². The highest BCUT2D eigenvalue weighted by Crippen LogP contribution is 2.47. The van der Waals surface area contributed by atoms with Crippen LogP contribution in [0.1, 0.15) is 42.9 Å². The van der Waals surface area contributed by atoms with Crippen molar-refractivity contribution in [1.29, 1.82) is 0 Å². The van der Waals surface area contributed by atoms with Crippen molar-refractivity contribution in [3.63, 3.8) is 0 Å². The molecule has 0 saturated carbocycles. The maximum absolute atomic E-state index is 11.0. The van der Waals surface area contributed by atoms with Gasteiger partial charge in [-0.25, -0.2) is 0 Å². The van der Waals surface area contributed by atoms with Gasteiger partial charge in [0.15, 0.2) is 34.5 Å². The minimum absolute atomic E-state index is 0.00920. The zero-order valence-electron chi connectivity index (χ0n) is 21.1. The number of hydrogen-bond donors (Lipinski definition) is 3. The van der Waals surface area contributed by atoms with Crippen molar-refractivity contribution in [3.05, 3.63) is 53.1 Å². The summed E-state index contributed by atoms with van der Waals surface area (Å²) in [6, 6.07) is 10.9. The summed E-state index contributed by atoms with van der Waals surface area (Å²) in [6.45, 7) is 4.13. The lowest BCUT2D eigenvalue weighted by Crippen LogP contribution is -2.02. The van der Waals surface area contributed by atoms with E-state index in [0.717, 1.165) is 29.5 Å². The van der Waals surface area contributed by atoms with Crippen LogP contribution in [0.15, 0.2) is 36.4 Å². The first-order valence-corrected chi connectivity index (χ1v) is 11.5. The lowest BCUT2D eigenvalue weighted by molar-refractivity contribution is 0.339. The number of phenols is 3. The second-order valence-corrected chi connectivity index (χ2v) is 8.52. The van der Waals surface area contributed by atoms with Crippen LogP contribution in [0.3, 0.4) is 0 Å². The lowest BCUT2D eigenvalue weighted by atomic mass is 9.89. The monoisotopic (exact) mass is 482 g/mol. The SMILES string of the molecule is CCCc1cc(OC)c(O)c(-c2cc(C(C)Cc3cc(OC)c(O)c(OC)c3)cc(OC)c2O)c1. The average molecular weight is 483 g/mol. The largest absolute Gasteiger partial charge is 0.504 e. The molecule has 3 aromatic carbocycles. The summed E-state index contributed by atoms with van der Waals surface area (Å²) in [6.07, 6.45) is 2.34. The van der Waals surface area contributed by atoms with E-state index in [1.807, 2.05) is 18.2 Å². The Kier molecular flexibility index (Phi) is 8.22. The maximum Gasteiger partial charge on any atom is 0.200 e. The van der Waals surface area contributed by atoms with Gasteiger partial charge < -0.3 is 34.3 Å². The molecule has 0 saturated heterocycles. The minimum atomic E-state index is -0.0533. The third kappa shape index (κ3) is 5.34. The summed E-state index contributed by atoms with van der Waals surface area (Å²) in [5.41, 5.74) is 3.75. The maximum atomic E-state index is 11.0. The van der Waals surface area contributed by atoms with Crippen LogP contribution in [-0.4, -0.2) is 43.8 Å². The molecule has 7 nitrogen and oxygen atoms in total. The van der Waals surface area contributed by atoms with Crippen molar-refractivity contribution in [2.45, 2.75) is 39.0 Å². The van der Waals surface area contributed by atoms with Gasteiger partial charge in [-0.1, -0.05) is 20.3 Å². The Labute approximate surface area is 206 Å². The molecule has 1 unspecified atom stereocenters. The van der Waals surface area contributed by atoms with E-state index in [9.17, 15) is 15.3 Å². The molecule has 0 aliphatic carbocycles. The van der Waals surface area contributed by atoms with E-state index in [2.05, 4.69) is 13.8 Å². The molecule has 188 valence electrons. The van der Waals surface area contributed by atoms with Crippen LogP contribution in [-0.2, 0) is 12.8 Å². The third-order valence-electron chi connectivity index (χ3n) is 6.15. The second kappa shape index (κ2) is 11.1. The molecule has 0 fully saturated rings. The highest BCUT2D eigenvalue weighted by atomic mass is 16.5.